The van der Waals surface area contributed by atoms with Gasteiger partial charge in [-0.25, -0.2) is 13.4 Å². The Bertz CT molecular complexity index is 413. The number of rotatable bonds is 7. The molecule has 0 saturated carbocycles. The van der Waals surface area contributed by atoms with Crippen LogP contribution in [-0.2, 0) is 23.4 Å². The molecule has 0 aliphatic heterocycles. The van der Waals surface area contributed by atoms with Gasteiger partial charge in [-0.05, 0) is 13.0 Å². The second-order valence-corrected chi connectivity index (χ2v) is 6.07. The molecular formula is C9H18N4O2S. The van der Waals surface area contributed by atoms with Gasteiger partial charge in [0.25, 0.3) is 0 Å². The average Bonchev–Trinajstić information content (AvgIpc) is 2.64. The molecule has 0 saturated heterocycles. The molecule has 7 heteroatoms. The normalized spacial score (nSPS) is 11.9. The third-order valence-corrected chi connectivity index (χ3v) is 3.97. The van der Waals surface area contributed by atoms with Gasteiger partial charge in [0.1, 0.15) is 16.2 Å². The van der Waals surface area contributed by atoms with E-state index in [4.69, 9.17) is 0 Å². The van der Waals surface area contributed by atoms with Gasteiger partial charge in [-0.2, -0.15) is 5.10 Å². The van der Waals surface area contributed by atoms with Crippen molar-refractivity contribution in [1.29, 1.82) is 0 Å². The first kappa shape index (κ1) is 13.1. The van der Waals surface area contributed by atoms with Crippen molar-refractivity contribution in [3.8, 4) is 0 Å². The number of aromatic nitrogens is 3. The summed E-state index contributed by atoms with van der Waals surface area (Å²) in [5.41, 5.74) is 0. The minimum absolute atomic E-state index is 0.217. The van der Waals surface area contributed by atoms with Crippen LogP contribution in [0.25, 0.3) is 0 Å². The zero-order valence-corrected chi connectivity index (χ0v) is 10.5. The van der Waals surface area contributed by atoms with Crippen LogP contribution >= 0.6 is 0 Å². The fourth-order valence-electron chi connectivity index (χ4n) is 1.23. The Hall–Kier alpha value is -0.950. The van der Waals surface area contributed by atoms with Crippen molar-refractivity contribution >= 4 is 9.84 Å². The van der Waals surface area contributed by atoms with Crippen LogP contribution in [0.3, 0.4) is 0 Å². The summed E-state index contributed by atoms with van der Waals surface area (Å²) in [6.07, 6.45) is 2.27. The highest BCUT2D eigenvalue weighted by Gasteiger charge is 2.06. The van der Waals surface area contributed by atoms with Crippen molar-refractivity contribution in [2.75, 3.05) is 18.1 Å². The van der Waals surface area contributed by atoms with Crippen LogP contribution in [0.4, 0.5) is 0 Å². The smallest absolute Gasteiger partial charge is 0.164 e. The quantitative estimate of drug-likeness (QED) is 0.670. The molecule has 6 nitrogen and oxygen atoms in total. The van der Waals surface area contributed by atoms with Crippen LogP contribution in [0.15, 0.2) is 6.33 Å². The molecule has 1 aromatic rings. The Morgan fingerprint density at radius 3 is 2.81 bits per heavy atom. The van der Waals surface area contributed by atoms with E-state index in [1.807, 2.05) is 7.05 Å². The molecule has 0 atom stereocenters. The van der Waals surface area contributed by atoms with Crippen molar-refractivity contribution < 1.29 is 8.42 Å². The third-order valence-electron chi connectivity index (χ3n) is 2.18. The van der Waals surface area contributed by atoms with E-state index < -0.39 is 9.84 Å². The molecule has 92 valence electrons. The Kier molecular flexibility index (Phi) is 4.88. The molecule has 16 heavy (non-hydrogen) atoms. The zero-order chi connectivity index (χ0) is 12.0. The van der Waals surface area contributed by atoms with Crippen molar-refractivity contribution in [3.05, 3.63) is 12.2 Å². The Morgan fingerprint density at radius 1 is 1.50 bits per heavy atom. The fourth-order valence-corrected chi connectivity index (χ4v) is 2.10. The predicted octanol–water partition coefficient (Wildman–Crippen LogP) is -0.270. The van der Waals surface area contributed by atoms with Gasteiger partial charge < -0.3 is 5.32 Å². The highest BCUT2D eigenvalue weighted by Crippen LogP contribution is 1.93. The molecule has 0 spiro atoms. The van der Waals surface area contributed by atoms with E-state index in [-0.39, 0.29) is 11.5 Å². The maximum Gasteiger partial charge on any atom is 0.164 e. The summed E-state index contributed by atoms with van der Waals surface area (Å²) in [6, 6.07) is 0. The lowest BCUT2D eigenvalue weighted by atomic mass is 10.4. The third kappa shape index (κ3) is 4.71. The van der Waals surface area contributed by atoms with Crippen molar-refractivity contribution in [2.24, 2.45) is 7.05 Å². The molecule has 1 aromatic heterocycles. The van der Waals surface area contributed by atoms with Crippen LogP contribution < -0.4 is 5.32 Å². The summed E-state index contributed by atoms with van der Waals surface area (Å²) in [5, 5.41) is 7.21. The summed E-state index contributed by atoms with van der Waals surface area (Å²) in [5.74, 6) is 1.18. The van der Waals surface area contributed by atoms with E-state index >= 15 is 0 Å². The van der Waals surface area contributed by atoms with Crippen molar-refractivity contribution in [1.82, 2.24) is 20.1 Å². The fraction of sp³-hybridized carbons (Fsp3) is 0.778. The Morgan fingerprint density at radius 2 is 2.25 bits per heavy atom. The molecular weight excluding hydrogens is 228 g/mol. The first-order valence-corrected chi connectivity index (χ1v) is 7.11. The number of hydrogen-bond acceptors (Lipinski definition) is 5. The highest BCUT2D eigenvalue weighted by molar-refractivity contribution is 7.91. The Balaban J connectivity index is 2.13. The van der Waals surface area contributed by atoms with E-state index in [1.165, 1.54) is 0 Å². The van der Waals surface area contributed by atoms with Crippen molar-refractivity contribution in [3.63, 3.8) is 0 Å². The van der Waals surface area contributed by atoms with Crippen LogP contribution in [0, 0.1) is 0 Å². The molecule has 0 bridgehead atoms. The second kappa shape index (κ2) is 5.95. The van der Waals surface area contributed by atoms with Crippen LogP contribution in [0.5, 0.6) is 0 Å². The maximum atomic E-state index is 11.2. The second-order valence-electron chi connectivity index (χ2n) is 3.60. The lowest BCUT2D eigenvalue weighted by Crippen LogP contribution is -2.19. The predicted molar refractivity (Wildman–Crippen MR) is 61.7 cm³/mol. The lowest BCUT2D eigenvalue weighted by Gasteiger charge is -2.02. The van der Waals surface area contributed by atoms with E-state index in [0.717, 1.165) is 5.82 Å². The zero-order valence-electron chi connectivity index (χ0n) is 9.68. The van der Waals surface area contributed by atoms with Crippen LogP contribution in [0.1, 0.15) is 19.2 Å². The van der Waals surface area contributed by atoms with Gasteiger partial charge in [-0.1, -0.05) is 6.92 Å². The molecule has 0 aliphatic carbocycles. The molecule has 1 heterocycles. The first-order chi connectivity index (χ1) is 7.53. The van der Waals surface area contributed by atoms with Gasteiger partial charge >= 0.3 is 0 Å². The summed E-state index contributed by atoms with van der Waals surface area (Å²) >= 11 is 0. The molecule has 1 N–H and O–H groups in total. The average molecular weight is 246 g/mol. The molecule has 0 unspecified atom stereocenters. The number of sulfone groups is 1. The van der Waals surface area contributed by atoms with E-state index in [2.05, 4.69) is 15.4 Å². The van der Waals surface area contributed by atoms with E-state index in [9.17, 15) is 8.42 Å². The molecule has 0 aromatic carbocycles. The maximum absolute atomic E-state index is 11.2. The summed E-state index contributed by atoms with van der Waals surface area (Å²) in [7, 11) is -1.03. The molecule has 1 rings (SSSR count). The monoisotopic (exact) mass is 246 g/mol. The van der Waals surface area contributed by atoms with Gasteiger partial charge in [0.05, 0.1) is 12.3 Å². The van der Waals surface area contributed by atoms with E-state index in [0.29, 0.717) is 19.5 Å². The van der Waals surface area contributed by atoms with Crippen LogP contribution in [-0.4, -0.2) is 41.2 Å². The SMILES string of the molecule is CCS(=O)(=O)CCCNCc1ncn(C)n1. The molecule has 0 aliphatic rings. The van der Waals surface area contributed by atoms with Crippen LogP contribution in [0.2, 0.25) is 0 Å². The number of nitrogens with zero attached hydrogens (tertiary/aromatic N) is 3. The largest absolute Gasteiger partial charge is 0.310 e. The minimum Gasteiger partial charge on any atom is -0.310 e. The molecule has 0 fully saturated rings. The molecule has 0 amide bonds. The van der Waals surface area contributed by atoms with Gasteiger partial charge in [0, 0.05) is 12.8 Å². The van der Waals surface area contributed by atoms with E-state index in [1.54, 1.807) is 17.9 Å². The number of aryl methyl sites for hydroxylation is 1. The summed E-state index contributed by atoms with van der Waals surface area (Å²) < 4.78 is 24.0. The standard InChI is InChI=1S/C9H18N4O2S/c1-3-16(14,15)6-4-5-10-7-9-11-8-13(2)12-9/h8,10H,3-7H2,1-2H3. The summed E-state index contributed by atoms with van der Waals surface area (Å²) in [4.78, 5) is 4.05. The number of nitrogens with one attached hydrogen (secondary N) is 1. The number of hydrogen-bond donors (Lipinski definition) is 1. The minimum atomic E-state index is -2.84. The van der Waals surface area contributed by atoms with Gasteiger partial charge in [0.15, 0.2) is 5.82 Å². The highest BCUT2D eigenvalue weighted by atomic mass is 32.2. The Labute approximate surface area is 96.0 Å². The lowest BCUT2D eigenvalue weighted by molar-refractivity contribution is 0.588. The van der Waals surface area contributed by atoms with Gasteiger partial charge in [-0.3, -0.25) is 4.68 Å². The topological polar surface area (TPSA) is 76.9 Å². The van der Waals surface area contributed by atoms with Gasteiger partial charge in [-0.15, -0.1) is 0 Å². The first-order valence-electron chi connectivity index (χ1n) is 5.29. The summed E-state index contributed by atoms with van der Waals surface area (Å²) in [6.45, 7) is 2.91. The van der Waals surface area contributed by atoms with Gasteiger partial charge in [0.2, 0.25) is 0 Å². The van der Waals surface area contributed by atoms with Crippen molar-refractivity contribution in [2.45, 2.75) is 19.9 Å². The molecule has 0 radical (unpaired) electrons.